The van der Waals surface area contributed by atoms with Crippen LogP contribution >= 0.6 is 0 Å². The number of hydrogen-bond acceptors (Lipinski definition) is 4. The molecule has 0 radical (unpaired) electrons. The van der Waals surface area contributed by atoms with Crippen LogP contribution in [0.1, 0.15) is 20.3 Å². The van der Waals surface area contributed by atoms with Gasteiger partial charge in [0.05, 0.1) is 17.2 Å². The van der Waals surface area contributed by atoms with Gasteiger partial charge in [-0.25, -0.2) is 4.98 Å². The van der Waals surface area contributed by atoms with E-state index in [2.05, 4.69) is 10.3 Å². The van der Waals surface area contributed by atoms with E-state index in [0.717, 1.165) is 0 Å². The molecule has 0 aliphatic carbocycles. The number of nitrogens with zero attached hydrogens (tertiary/aromatic N) is 3. The highest BCUT2D eigenvalue weighted by Gasteiger charge is 2.11. The summed E-state index contributed by atoms with van der Waals surface area (Å²) in [6.45, 7) is 5.28. The lowest BCUT2D eigenvalue weighted by Crippen LogP contribution is -2.36. The van der Waals surface area contributed by atoms with Crippen molar-refractivity contribution in [3.8, 4) is 0 Å². The van der Waals surface area contributed by atoms with Gasteiger partial charge in [-0.1, -0.05) is 12.1 Å². The Labute approximate surface area is 140 Å². The van der Waals surface area contributed by atoms with Crippen LogP contribution in [0.4, 0.5) is 0 Å². The minimum atomic E-state index is -0.318. The molecule has 2 aromatic rings. The van der Waals surface area contributed by atoms with Gasteiger partial charge < -0.3 is 10.2 Å². The number of amides is 2. The molecule has 1 N–H and O–H groups in total. The van der Waals surface area contributed by atoms with Crippen LogP contribution < -0.4 is 10.9 Å². The van der Waals surface area contributed by atoms with Crippen molar-refractivity contribution < 1.29 is 9.59 Å². The minimum absolute atomic E-state index is 0.00448. The highest BCUT2D eigenvalue weighted by molar-refractivity contribution is 5.80. The van der Waals surface area contributed by atoms with Crippen LogP contribution in [-0.4, -0.2) is 45.9 Å². The quantitative estimate of drug-likeness (QED) is 0.813. The molecule has 0 saturated carbocycles. The van der Waals surface area contributed by atoms with Crippen LogP contribution in [0.3, 0.4) is 0 Å². The van der Waals surface area contributed by atoms with Crippen molar-refractivity contribution in [1.29, 1.82) is 0 Å². The fourth-order valence-electron chi connectivity index (χ4n) is 2.47. The Morgan fingerprint density at radius 1 is 1.21 bits per heavy atom. The topological polar surface area (TPSA) is 84.3 Å². The van der Waals surface area contributed by atoms with Crippen molar-refractivity contribution in [2.24, 2.45) is 0 Å². The average Bonchev–Trinajstić information content (AvgIpc) is 2.59. The summed E-state index contributed by atoms with van der Waals surface area (Å²) in [5.74, 6) is -0.314. The number of nitrogens with one attached hydrogen (secondary N) is 1. The summed E-state index contributed by atoms with van der Waals surface area (Å²) in [4.78, 5) is 42.0. The van der Waals surface area contributed by atoms with E-state index in [1.165, 1.54) is 10.9 Å². The largest absolute Gasteiger partial charge is 0.354 e. The monoisotopic (exact) mass is 330 g/mol. The third kappa shape index (κ3) is 4.18. The first-order valence-corrected chi connectivity index (χ1v) is 8.05. The number of para-hydroxylation sites is 1. The number of hydrogen-bond donors (Lipinski definition) is 1. The van der Waals surface area contributed by atoms with E-state index in [-0.39, 0.29) is 36.9 Å². The summed E-state index contributed by atoms with van der Waals surface area (Å²) in [6.07, 6.45) is 1.61. The van der Waals surface area contributed by atoms with E-state index in [1.807, 2.05) is 13.8 Å². The summed E-state index contributed by atoms with van der Waals surface area (Å²) in [5.41, 5.74) is 0.346. The first-order valence-electron chi connectivity index (χ1n) is 8.05. The van der Waals surface area contributed by atoms with Gasteiger partial charge in [0.1, 0.15) is 6.54 Å². The average molecular weight is 330 g/mol. The van der Waals surface area contributed by atoms with Gasteiger partial charge >= 0.3 is 0 Å². The van der Waals surface area contributed by atoms with Crippen LogP contribution in [0.25, 0.3) is 10.9 Å². The summed E-state index contributed by atoms with van der Waals surface area (Å²) < 4.78 is 1.27. The van der Waals surface area contributed by atoms with Crippen LogP contribution in [0.15, 0.2) is 35.4 Å². The zero-order chi connectivity index (χ0) is 17.5. The molecule has 1 aromatic heterocycles. The van der Waals surface area contributed by atoms with Crippen LogP contribution in [0.5, 0.6) is 0 Å². The molecule has 2 rings (SSSR count). The first kappa shape index (κ1) is 17.7. The molecular weight excluding hydrogens is 308 g/mol. The van der Waals surface area contributed by atoms with Crippen molar-refractivity contribution >= 4 is 22.7 Å². The predicted octanol–water partition coefficient (Wildman–Crippen LogP) is 0.771. The van der Waals surface area contributed by atoms with Crippen LogP contribution in [0, 0.1) is 0 Å². The summed E-state index contributed by atoms with van der Waals surface area (Å²) in [5, 5.41) is 3.14. The third-order valence-corrected chi connectivity index (χ3v) is 3.82. The second-order valence-electron chi connectivity index (χ2n) is 5.36. The highest BCUT2D eigenvalue weighted by atomic mass is 16.2. The molecule has 7 heteroatoms. The Kier molecular flexibility index (Phi) is 6.06. The Hall–Kier alpha value is -2.70. The van der Waals surface area contributed by atoms with Crippen LogP contribution in [0.2, 0.25) is 0 Å². The fraction of sp³-hybridized carbons (Fsp3) is 0.412. The molecule has 0 fully saturated rings. The van der Waals surface area contributed by atoms with Gasteiger partial charge in [-0.3, -0.25) is 19.0 Å². The Morgan fingerprint density at radius 2 is 1.92 bits per heavy atom. The van der Waals surface area contributed by atoms with E-state index >= 15 is 0 Å². The molecule has 0 unspecified atom stereocenters. The zero-order valence-electron chi connectivity index (χ0n) is 14.0. The van der Waals surface area contributed by atoms with E-state index < -0.39 is 0 Å². The molecule has 0 atom stereocenters. The second kappa shape index (κ2) is 8.24. The Morgan fingerprint density at radius 3 is 2.62 bits per heavy atom. The number of carbonyl (C=O) groups is 2. The van der Waals surface area contributed by atoms with E-state index in [1.54, 1.807) is 29.2 Å². The van der Waals surface area contributed by atoms with Crippen molar-refractivity contribution in [2.75, 3.05) is 19.6 Å². The van der Waals surface area contributed by atoms with E-state index in [0.29, 0.717) is 24.0 Å². The summed E-state index contributed by atoms with van der Waals surface area (Å²) in [7, 11) is 0. The molecule has 24 heavy (non-hydrogen) atoms. The molecule has 0 aliphatic heterocycles. The van der Waals surface area contributed by atoms with E-state index in [4.69, 9.17) is 0 Å². The SMILES string of the molecule is CCN(CC)C(=O)CCNC(=O)Cn1cnc2ccccc2c1=O. The van der Waals surface area contributed by atoms with Crippen molar-refractivity contribution in [3.63, 3.8) is 0 Å². The lowest BCUT2D eigenvalue weighted by molar-refractivity contribution is -0.130. The maximum Gasteiger partial charge on any atom is 0.261 e. The molecular formula is C17H22N4O3. The van der Waals surface area contributed by atoms with Gasteiger partial charge in [0.2, 0.25) is 11.8 Å². The number of carbonyl (C=O) groups excluding carboxylic acids is 2. The van der Waals surface area contributed by atoms with Gasteiger partial charge in [-0.2, -0.15) is 0 Å². The minimum Gasteiger partial charge on any atom is -0.354 e. The first-order chi connectivity index (χ1) is 11.6. The maximum absolute atomic E-state index is 12.3. The fourth-order valence-corrected chi connectivity index (χ4v) is 2.47. The normalized spacial score (nSPS) is 10.6. The van der Waals surface area contributed by atoms with Crippen molar-refractivity contribution in [1.82, 2.24) is 19.8 Å². The molecule has 0 aliphatic rings. The van der Waals surface area contributed by atoms with Crippen molar-refractivity contribution in [3.05, 3.63) is 40.9 Å². The van der Waals surface area contributed by atoms with Gasteiger partial charge in [0.15, 0.2) is 0 Å². The number of aromatic nitrogens is 2. The van der Waals surface area contributed by atoms with Gasteiger partial charge in [-0.15, -0.1) is 0 Å². The molecule has 0 spiro atoms. The Bertz CT molecular complexity index is 781. The van der Waals surface area contributed by atoms with Crippen LogP contribution in [-0.2, 0) is 16.1 Å². The molecule has 1 heterocycles. The predicted molar refractivity (Wildman–Crippen MR) is 91.6 cm³/mol. The number of fused-ring (bicyclic) bond motifs is 1. The summed E-state index contributed by atoms with van der Waals surface area (Å²) >= 11 is 0. The lowest BCUT2D eigenvalue weighted by atomic mass is 10.2. The standard InChI is InChI=1S/C17H22N4O3/c1-3-20(4-2)16(23)9-10-18-15(22)11-21-12-19-14-8-6-5-7-13(14)17(21)24/h5-8,12H,3-4,9-11H2,1-2H3,(H,18,22). The highest BCUT2D eigenvalue weighted by Crippen LogP contribution is 2.04. The second-order valence-corrected chi connectivity index (χ2v) is 5.36. The lowest BCUT2D eigenvalue weighted by Gasteiger charge is -2.18. The third-order valence-electron chi connectivity index (χ3n) is 3.82. The van der Waals surface area contributed by atoms with Crippen molar-refractivity contribution in [2.45, 2.75) is 26.8 Å². The molecule has 7 nitrogen and oxygen atoms in total. The smallest absolute Gasteiger partial charge is 0.261 e. The summed E-state index contributed by atoms with van der Waals surface area (Å²) in [6, 6.07) is 7.00. The molecule has 0 saturated heterocycles. The zero-order valence-corrected chi connectivity index (χ0v) is 14.0. The maximum atomic E-state index is 12.3. The van der Waals surface area contributed by atoms with Gasteiger partial charge in [0, 0.05) is 26.1 Å². The van der Waals surface area contributed by atoms with E-state index in [9.17, 15) is 14.4 Å². The molecule has 2 amide bonds. The number of rotatable bonds is 7. The number of benzene rings is 1. The van der Waals surface area contributed by atoms with Gasteiger partial charge in [0.25, 0.3) is 5.56 Å². The molecule has 128 valence electrons. The molecule has 0 bridgehead atoms. The molecule has 1 aromatic carbocycles. The Balaban J connectivity index is 1.92. The van der Waals surface area contributed by atoms with Gasteiger partial charge in [-0.05, 0) is 26.0 Å².